The molecule has 0 saturated heterocycles. The lowest BCUT2D eigenvalue weighted by molar-refractivity contribution is -0.136. The molecule has 1 unspecified atom stereocenters. The van der Waals surface area contributed by atoms with Gasteiger partial charge in [0.05, 0.1) is 0 Å². The van der Waals surface area contributed by atoms with E-state index in [1.54, 1.807) is 6.20 Å². The topological polar surface area (TPSA) is 69.0 Å². The van der Waals surface area contributed by atoms with Crippen LogP contribution in [0.15, 0.2) is 18.3 Å². The van der Waals surface area contributed by atoms with Crippen molar-refractivity contribution in [3.63, 3.8) is 0 Å². The minimum Gasteiger partial charge on any atom is -0.312 e. The minimum atomic E-state index is -0.753. The Labute approximate surface area is 152 Å². The zero-order chi connectivity index (χ0) is 18.3. The van der Waals surface area contributed by atoms with Crippen molar-refractivity contribution < 1.29 is 14.4 Å². The van der Waals surface area contributed by atoms with E-state index in [1.165, 1.54) is 0 Å². The summed E-state index contributed by atoms with van der Waals surface area (Å²) < 4.78 is 1.86. The van der Waals surface area contributed by atoms with Gasteiger partial charge >= 0.3 is 0 Å². The monoisotopic (exact) mass is 352 g/mol. The molecule has 0 spiro atoms. The Morgan fingerprint density at radius 3 is 2.77 bits per heavy atom. The smallest absolute Gasteiger partial charge is 0.166 e. The quantitative estimate of drug-likeness (QED) is 0.748. The second-order valence-corrected chi connectivity index (χ2v) is 7.53. The van der Waals surface area contributed by atoms with E-state index in [2.05, 4.69) is 4.98 Å². The zero-order valence-electron chi connectivity index (χ0n) is 15.2. The van der Waals surface area contributed by atoms with Crippen molar-refractivity contribution in [2.45, 2.75) is 64.3 Å². The number of carbonyl (C=O) groups excluding carboxylic acids is 3. The summed E-state index contributed by atoms with van der Waals surface area (Å²) in [5, 5.41) is 0.910. The van der Waals surface area contributed by atoms with Crippen LogP contribution >= 0.6 is 0 Å². The number of aromatic nitrogens is 2. The second-order valence-electron chi connectivity index (χ2n) is 7.53. The number of carbonyl (C=O) groups is 3. The fraction of sp³-hybridized carbons (Fsp3) is 0.524. The molecule has 0 N–H and O–H groups in total. The van der Waals surface area contributed by atoms with E-state index in [-0.39, 0.29) is 23.3 Å². The van der Waals surface area contributed by atoms with Crippen LogP contribution in [0.2, 0.25) is 0 Å². The molecule has 3 heterocycles. The minimum absolute atomic E-state index is 0.00114. The third-order valence-electron chi connectivity index (χ3n) is 5.83. The van der Waals surface area contributed by atoms with Crippen molar-refractivity contribution in [1.29, 1.82) is 0 Å². The van der Waals surface area contributed by atoms with Crippen LogP contribution in [0, 0.1) is 5.92 Å². The van der Waals surface area contributed by atoms with Gasteiger partial charge < -0.3 is 4.57 Å². The maximum atomic E-state index is 13.0. The first-order valence-electron chi connectivity index (χ1n) is 9.66. The standard InChI is InChI=1S/C21H24N2O3/c1-2-5-14(24)12-16-15-8-4-11-22-21(15)23-17(16)9-10-18(25)19(23)20(26)13-6-3-7-13/h4,8,11,13,19H,2-3,5-7,9-10,12H2,1H3. The number of pyridine rings is 1. The highest BCUT2D eigenvalue weighted by molar-refractivity contribution is 6.08. The second kappa shape index (κ2) is 6.78. The highest BCUT2D eigenvalue weighted by atomic mass is 16.2. The molecule has 2 aromatic heterocycles. The van der Waals surface area contributed by atoms with Gasteiger partial charge in [-0.2, -0.15) is 0 Å². The summed E-state index contributed by atoms with van der Waals surface area (Å²) in [5.74, 6) is 0.228. The van der Waals surface area contributed by atoms with Gasteiger partial charge in [0.15, 0.2) is 17.6 Å². The van der Waals surface area contributed by atoms with Gasteiger partial charge in [0.25, 0.3) is 0 Å². The third-order valence-corrected chi connectivity index (χ3v) is 5.83. The third kappa shape index (κ3) is 2.70. The summed E-state index contributed by atoms with van der Waals surface area (Å²) in [6.45, 7) is 2.00. The molecule has 1 saturated carbocycles. The van der Waals surface area contributed by atoms with E-state index in [0.717, 1.165) is 42.3 Å². The van der Waals surface area contributed by atoms with Crippen LogP contribution in [0.1, 0.15) is 62.7 Å². The number of nitrogens with zero attached hydrogens (tertiary/aromatic N) is 2. The van der Waals surface area contributed by atoms with Crippen molar-refractivity contribution in [3.05, 3.63) is 29.6 Å². The molecule has 4 rings (SSSR count). The van der Waals surface area contributed by atoms with Crippen molar-refractivity contribution in [2.24, 2.45) is 5.92 Å². The number of Topliss-reactive ketones (excluding diaryl/α,β-unsaturated/α-hetero) is 3. The number of hydrogen-bond donors (Lipinski definition) is 0. The fourth-order valence-corrected chi connectivity index (χ4v) is 4.29. The van der Waals surface area contributed by atoms with Crippen molar-refractivity contribution >= 4 is 28.4 Å². The largest absolute Gasteiger partial charge is 0.312 e. The van der Waals surface area contributed by atoms with Crippen LogP contribution < -0.4 is 0 Å². The van der Waals surface area contributed by atoms with E-state index in [1.807, 2.05) is 23.6 Å². The average molecular weight is 352 g/mol. The highest BCUT2D eigenvalue weighted by Gasteiger charge is 2.41. The summed E-state index contributed by atoms with van der Waals surface area (Å²) >= 11 is 0. The van der Waals surface area contributed by atoms with Gasteiger partial charge in [0.1, 0.15) is 11.4 Å². The zero-order valence-corrected chi connectivity index (χ0v) is 15.2. The molecule has 5 nitrogen and oxygen atoms in total. The van der Waals surface area contributed by atoms with Crippen LogP contribution in [0.25, 0.3) is 11.0 Å². The maximum absolute atomic E-state index is 13.0. The van der Waals surface area contributed by atoms with E-state index in [0.29, 0.717) is 31.3 Å². The van der Waals surface area contributed by atoms with Gasteiger partial charge in [-0.3, -0.25) is 14.4 Å². The molecule has 1 aliphatic heterocycles. The highest BCUT2D eigenvalue weighted by Crippen LogP contribution is 2.38. The number of rotatable bonds is 6. The molecule has 26 heavy (non-hydrogen) atoms. The molecule has 2 aliphatic rings. The number of fused-ring (bicyclic) bond motifs is 3. The molecule has 0 aromatic carbocycles. The predicted molar refractivity (Wildman–Crippen MR) is 98.1 cm³/mol. The van der Waals surface area contributed by atoms with E-state index in [4.69, 9.17) is 0 Å². The average Bonchev–Trinajstić information content (AvgIpc) is 2.87. The molecule has 5 heteroatoms. The molecular formula is C21H24N2O3. The SMILES string of the molecule is CCCC(=O)Cc1c2n(c3ncccc13)C(C(=O)C1CCC1)C(=O)CC2. The van der Waals surface area contributed by atoms with Crippen LogP contribution in [-0.4, -0.2) is 26.9 Å². The summed E-state index contributed by atoms with van der Waals surface area (Å²) in [6, 6.07) is 3.06. The molecule has 0 amide bonds. The lowest BCUT2D eigenvalue weighted by Crippen LogP contribution is -2.38. The lowest BCUT2D eigenvalue weighted by atomic mass is 9.78. The van der Waals surface area contributed by atoms with Gasteiger partial charge in [0.2, 0.25) is 0 Å². The van der Waals surface area contributed by atoms with Gasteiger partial charge in [0, 0.05) is 42.5 Å². The Balaban J connectivity index is 1.84. The molecule has 136 valence electrons. The molecule has 2 aromatic rings. The predicted octanol–water partition coefficient (Wildman–Crippen LogP) is 3.37. The molecule has 0 radical (unpaired) electrons. The molecule has 1 atom stereocenters. The van der Waals surface area contributed by atoms with Crippen LogP contribution in [-0.2, 0) is 27.2 Å². The summed E-state index contributed by atoms with van der Waals surface area (Å²) in [7, 11) is 0. The Morgan fingerprint density at radius 2 is 2.08 bits per heavy atom. The Bertz CT molecular complexity index is 892. The van der Waals surface area contributed by atoms with Gasteiger partial charge in [-0.25, -0.2) is 4.98 Å². The van der Waals surface area contributed by atoms with E-state index in [9.17, 15) is 14.4 Å². The Hall–Kier alpha value is -2.30. The first-order valence-corrected chi connectivity index (χ1v) is 9.66. The number of ketones is 3. The lowest BCUT2D eigenvalue weighted by Gasteiger charge is -2.31. The van der Waals surface area contributed by atoms with E-state index >= 15 is 0 Å². The summed E-state index contributed by atoms with van der Waals surface area (Å²) in [5.41, 5.74) is 2.60. The summed E-state index contributed by atoms with van der Waals surface area (Å²) in [4.78, 5) is 42.5. The normalized spacial score (nSPS) is 20.0. The van der Waals surface area contributed by atoms with Crippen LogP contribution in [0.3, 0.4) is 0 Å². The molecule has 1 fully saturated rings. The van der Waals surface area contributed by atoms with E-state index < -0.39 is 6.04 Å². The molecule has 1 aliphatic carbocycles. The van der Waals surface area contributed by atoms with Crippen LogP contribution in [0.5, 0.6) is 0 Å². The fourth-order valence-electron chi connectivity index (χ4n) is 4.29. The van der Waals surface area contributed by atoms with Gasteiger partial charge in [-0.15, -0.1) is 0 Å². The van der Waals surface area contributed by atoms with Crippen molar-refractivity contribution in [3.8, 4) is 0 Å². The van der Waals surface area contributed by atoms with Crippen molar-refractivity contribution in [1.82, 2.24) is 9.55 Å². The Kier molecular flexibility index (Phi) is 4.47. The maximum Gasteiger partial charge on any atom is 0.166 e. The molecular weight excluding hydrogens is 328 g/mol. The van der Waals surface area contributed by atoms with Gasteiger partial charge in [-0.1, -0.05) is 13.3 Å². The number of hydrogen-bond acceptors (Lipinski definition) is 4. The summed E-state index contributed by atoms with van der Waals surface area (Å²) in [6.07, 6.45) is 7.20. The van der Waals surface area contributed by atoms with Crippen LogP contribution in [0.4, 0.5) is 0 Å². The Morgan fingerprint density at radius 1 is 1.27 bits per heavy atom. The van der Waals surface area contributed by atoms with Crippen molar-refractivity contribution in [2.75, 3.05) is 0 Å². The first-order chi connectivity index (χ1) is 12.6. The first kappa shape index (κ1) is 17.1. The van der Waals surface area contributed by atoms with Gasteiger partial charge in [-0.05, 0) is 43.4 Å². The molecule has 0 bridgehead atoms.